The maximum Gasteiger partial charge on any atom is 0.305 e. The Balaban J connectivity index is 0. The summed E-state index contributed by atoms with van der Waals surface area (Å²) < 4.78 is 14.7. The average Bonchev–Trinajstić information content (AvgIpc) is 1.63. The van der Waals surface area contributed by atoms with Crippen molar-refractivity contribution in [3.63, 3.8) is 0 Å². The molecule has 1 N–H and O–H groups in total. The first-order valence-electron chi connectivity index (χ1n) is 2.48. The molecule has 0 saturated heterocycles. The fourth-order valence-corrected chi connectivity index (χ4v) is 0.672. The van der Waals surface area contributed by atoms with Crippen LogP contribution in [-0.4, -0.2) is 41.7 Å². The topological polar surface area (TPSA) is 63.6 Å². The molecule has 0 bridgehead atoms. The minimum atomic E-state index is -1.94. The van der Waals surface area contributed by atoms with Gasteiger partial charge in [0, 0.05) is 6.66 Å². The zero-order chi connectivity index (χ0) is 7.28. The summed E-state index contributed by atoms with van der Waals surface area (Å²) in [4.78, 5) is 9.81. The number of hydrogen-bond donors (Lipinski definition) is 1. The van der Waals surface area contributed by atoms with Crippen LogP contribution in [0.25, 0.3) is 0 Å². The second-order valence-corrected chi connectivity index (χ2v) is 2.76. The van der Waals surface area contributed by atoms with Crippen LogP contribution in [0.15, 0.2) is 0 Å². The quantitative estimate of drug-likeness (QED) is 0.465. The van der Waals surface area contributed by atoms with Crippen molar-refractivity contribution in [1.82, 2.24) is 0 Å². The highest BCUT2D eigenvalue weighted by Gasteiger charge is 1.96. The molecule has 0 aliphatic carbocycles. The highest BCUT2D eigenvalue weighted by atomic mass is 31.1. The van der Waals surface area contributed by atoms with Gasteiger partial charge in [-0.15, -0.1) is 0 Å². The summed E-state index contributed by atoms with van der Waals surface area (Å²) in [5.74, 6) is -0.932. The molecule has 0 aliphatic rings. The first-order valence-corrected chi connectivity index (χ1v) is 4.29. The molecular weight excluding hydrogens is 170 g/mol. The van der Waals surface area contributed by atoms with Gasteiger partial charge in [0.15, 0.2) is 25.4 Å². The molecule has 4 nitrogen and oxygen atoms in total. The van der Waals surface area contributed by atoms with Gasteiger partial charge in [-0.05, 0) is 0 Å². The number of carboxylic acid groups (broad SMARTS) is 1. The van der Waals surface area contributed by atoms with Crippen LogP contribution in [0.3, 0.4) is 0 Å². The summed E-state index contributed by atoms with van der Waals surface area (Å²) in [5, 5.41) is 8.06. The van der Waals surface area contributed by atoms with Gasteiger partial charge in [0.1, 0.15) is 0 Å². The van der Waals surface area contributed by atoms with Crippen LogP contribution in [-0.2, 0) is 13.9 Å². The Kier molecular flexibility index (Phi) is 9.37. The van der Waals surface area contributed by atoms with Crippen molar-refractivity contribution in [3.05, 3.63) is 0 Å². The van der Waals surface area contributed by atoms with Crippen molar-refractivity contribution in [2.75, 3.05) is 13.3 Å². The molecule has 0 aromatic heterocycles. The molecule has 60 valence electrons. The molecule has 0 heterocycles. The van der Waals surface area contributed by atoms with Crippen LogP contribution in [0, 0.1) is 0 Å². The summed E-state index contributed by atoms with van der Waals surface area (Å²) in [6.45, 7) is 1.47. The van der Waals surface area contributed by atoms with E-state index in [-0.39, 0.29) is 30.4 Å². The van der Waals surface area contributed by atoms with Gasteiger partial charge in [-0.3, -0.25) is 9.36 Å². The first kappa shape index (κ1) is 12.8. The van der Waals surface area contributed by atoms with Gasteiger partial charge in [-0.25, -0.2) is 0 Å². The largest absolute Gasteiger partial charge is 0.481 e. The molecule has 6 heteroatoms. The normalized spacial score (nSPS) is 11.7. The fourth-order valence-electron chi connectivity index (χ4n) is 0.282. The van der Waals surface area contributed by atoms with Crippen molar-refractivity contribution in [2.45, 2.75) is 6.42 Å². The van der Waals surface area contributed by atoms with Crippen molar-refractivity contribution in [2.24, 2.45) is 0 Å². The Morgan fingerprint density at radius 3 is 2.50 bits per heavy atom. The molecule has 0 rings (SSSR count). The van der Waals surface area contributed by atoms with E-state index in [9.17, 15) is 9.36 Å². The lowest BCUT2D eigenvalue weighted by Gasteiger charge is -1.94. The van der Waals surface area contributed by atoms with Gasteiger partial charge >= 0.3 is 5.97 Å². The highest BCUT2D eigenvalue weighted by molar-refractivity contribution is 7.38. The number of aliphatic carboxylic acids is 1. The lowest BCUT2D eigenvalue weighted by Crippen LogP contribution is -1.98. The Bertz CT molecular complexity index is 112. The van der Waals surface area contributed by atoms with Crippen LogP contribution in [0.2, 0.25) is 0 Å². The average molecular weight is 182 g/mol. The predicted molar refractivity (Wildman–Crippen MR) is 43.1 cm³/mol. The summed E-state index contributed by atoms with van der Waals surface area (Å²) >= 11 is 0. The number of rotatable bonds is 4. The Labute approximate surface area is 70.6 Å². The van der Waals surface area contributed by atoms with Gasteiger partial charge in [0.05, 0.1) is 13.0 Å². The molecule has 10 heavy (non-hydrogen) atoms. The van der Waals surface area contributed by atoms with Crippen molar-refractivity contribution in [1.29, 1.82) is 0 Å². The van der Waals surface area contributed by atoms with E-state index < -0.39 is 14.0 Å². The number of carbonyl (C=O) groups is 1. The maximum absolute atomic E-state index is 10.2. The fraction of sp³-hybridized carbons (Fsp3) is 0.750. The molecule has 0 aliphatic heterocycles. The summed E-state index contributed by atoms with van der Waals surface area (Å²) in [6, 6.07) is 0. The molecular formula is C4H12AlO4P. The molecule has 1 atom stereocenters. The summed E-state index contributed by atoms with van der Waals surface area (Å²) in [6.07, 6.45) is -0.0791. The number of carboxylic acids is 1. The van der Waals surface area contributed by atoms with E-state index in [0.717, 1.165) is 0 Å². The lowest BCUT2D eigenvalue weighted by molar-refractivity contribution is -0.137. The molecule has 0 aromatic rings. The van der Waals surface area contributed by atoms with Crippen LogP contribution in [0.5, 0.6) is 0 Å². The van der Waals surface area contributed by atoms with E-state index in [1.54, 1.807) is 0 Å². The highest BCUT2D eigenvalue weighted by Crippen LogP contribution is 2.14. The van der Waals surface area contributed by atoms with Gasteiger partial charge in [0.2, 0.25) is 0 Å². The monoisotopic (exact) mass is 182 g/mol. The Morgan fingerprint density at radius 2 is 2.20 bits per heavy atom. The zero-order valence-electron chi connectivity index (χ0n) is 5.09. The molecule has 0 radical (unpaired) electrons. The van der Waals surface area contributed by atoms with Gasteiger partial charge in [-0.1, -0.05) is 0 Å². The standard InChI is InChI=1S/C4H9O4P.Al.3H/c1-9(7)8-3-2-4(5)6;;;;/h9H,2-3H2,1H3,(H,5,6);;;;. The smallest absolute Gasteiger partial charge is 0.305 e. The second kappa shape index (κ2) is 7.30. The summed E-state index contributed by atoms with van der Waals surface area (Å²) in [5.41, 5.74) is 0. The minimum absolute atomic E-state index is 0. The Hall–Kier alpha value is 0.192. The SMILES string of the molecule is C[PH](=O)OCCC(=O)O.[AlH3]. The van der Waals surface area contributed by atoms with E-state index in [2.05, 4.69) is 4.52 Å². The van der Waals surface area contributed by atoms with Crippen LogP contribution < -0.4 is 0 Å². The van der Waals surface area contributed by atoms with Crippen molar-refractivity contribution < 1.29 is 19.0 Å². The van der Waals surface area contributed by atoms with E-state index in [1.165, 1.54) is 6.66 Å². The number of hydrogen-bond acceptors (Lipinski definition) is 3. The van der Waals surface area contributed by atoms with Gasteiger partial charge < -0.3 is 9.63 Å². The van der Waals surface area contributed by atoms with E-state index in [1.807, 2.05) is 0 Å². The van der Waals surface area contributed by atoms with Crippen LogP contribution >= 0.6 is 8.03 Å². The molecule has 0 saturated carbocycles. The maximum atomic E-state index is 10.2. The lowest BCUT2D eigenvalue weighted by atomic mass is 10.5. The van der Waals surface area contributed by atoms with Crippen molar-refractivity contribution >= 4 is 31.4 Å². The molecule has 0 amide bonds. The molecule has 1 unspecified atom stereocenters. The minimum Gasteiger partial charge on any atom is -0.481 e. The van der Waals surface area contributed by atoms with Crippen molar-refractivity contribution in [3.8, 4) is 0 Å². The van der Waals surface area contributed by atoms with Crippen LogP contribution in [0.4, 0.5) is 0 Å². The molecule has 0 fully saturated rings. The summed E-state index contributed by atoms with van der Waals surface area (Å²) in [7, 11) is -1.94. The third-order valence-corrected chi connectivity index (χ3v) is 1.23. The first-order chi connectivity index (χ1) is 4.13. The van der Waals surface area contributed by atoms with Gasteiger partial charge in [0.25, 0.3) is 0 Å². The third kappa shape index (κ3) is 11.1. The predicted octanol–water partition coefficient (Wildman–Crippen LogP) is -0.602. The van der Waals surface area contributed by atoms with E-state index in [4.69, 9.17) is 5.11 Å². The van der Waals surface area contributed by atoms with Crippen LogP contribution in [0.1, 0.15) is 6.42 Å². The van der Waals surface area contributed by atoms with E-state index >= 15 is 0 Å². The zero-order valence-corrected chi connectivity index (χ0v) is 6.09. The van der Waals surface area contributed by atoms with E-state index in [0.29, 0.717) is 0 Å². The van der Waals surface area contributed by atoms with Gasteiger partial charge in [-0.2, -0.15) is 0 Å². The second-order valence-electron chi connectivity index (χ2n) is 1.48. The molecule has 0 aromatic carbocycles. The third-order valence-electron chi connectivity index (χ3n) is 0.621. The Morgan fingerprint density at radius 1 is 1.70 bits per heavy atom. The molecule has 0 spiro atoms.